The molecule has 0 rings (SSSR count). The maximum absolute atomic E-state index is 12.8. The molecule has 0 aromatic carbocycles. The first kappa shape index (κ1) is 65.3. The summed E-state index contributed by atoms with van der Waals surface area (Å²) in [4.78, 5) is 53.0. The molecule has 5 atom stereocenters. The predicted molar refractivity (Wildman–Crippen MR) is 265 cm³/mol. The van der Waals surface area contributed by atoms with E-state index < -0.39 is 78.4 Å². The summed E-state index contributed by atoms with van der Waals surface area (Å²) in [5.41, 5.74) is 0. The first-order valence-corrected chi connectivity index (χ1v) is 28.7. The Morgan fingerprint density at radius 2 is 0.985 bits per heavy atom. The van der Waals surface area contributed by atoms with Gasteiger partial charge in [-0.1, -0.05) is 186 Å². The van der Waals surface area contributed by atoms with Crippen LogP contribution >= 0.6 is 15.6 Å². The minimum absolute atomic E-state index is 0.0949. The van der Waals surface area contributed by atoms with Gasteiger partial charge in [0, 0.05) is 12.8 Å². The monoisotopic (exact) mass is 997 g/mol. The number of ether oxygens (including phenoxy) is 2. The molecule has 0 aliphatic rings. The van der Waals surface area contributed by atoms with Crippen LogP contribution in [0.2, 0.25) is 0 Å². The molecule has 0 aromatic heterocycles. The van der Waals surface area contributed by atoms with Crippen LogP contribution in [0.4, 0.5) is 0 Å². The molecule has 0 amide bonds. The number of aliphatic hydroxyl groups excluding tert-OH is 3. The Morgan fingerprint density at radius 3 is 1.52 bits per heavy atom. The van der Waals surface area contributed by atoms with E-state index in [4.69, 9.17) is 23.8 Å². The van der Waals surface area contributed by atoms with Gasteiger partial charge in [0.2, 0.25) is 0 Å². The Morgan fingerprint density at radius 1 is 0.507 bits per heavy atom. The summed E-state index contributed by atoms with van der Waals surface area (Å²) in [6.45, 7) is 3.78. The number of aliphatic hydroxyl groups is 3. The largest absolute Gasteiger partial charge is 0.472 e. The van der Waals surface area contributed by atoms with Crippen LogP contribution in [0.25, 0.3) is 0 Å². The number of esters is 2. The lowest BCUT2D eigenvalue weighted by Gasteiger charge is -2.21. The van der Waals surface area contributed by atoms with E-state index in [0.29, 0.717) is 12.8 Å². The normalized spacial score (nSPS) is 15.1. The molecule has 0 aliphatic carbocycles. The van der Waals surface area contributed by atoms with E-state index in [0.717, 1.165) is 38.0 Å². The van der Waals surface area contributed by atoms with Crippen molar-refractivity contribution in [1.29, 1.82) is 0 Å². The lowest BCUT2D eigenvalue weighted by atomic mass is 10.0. The molecule has 0 saturated carbocycles. The molecule has 0 heterocycles. The molecule has 0 aromatic rings. The second-order valence-electron chi connectivity index (χ2n) is 18.2. The van der Waals surface area contributed by atoms with Gasteiger partial charge in [-0.3, -0.25) is 23.2 Å². The third-order valence-corrected chi connectivity index (χ3v) is 12.6. The van der Waals surface area contributed by atoms with Gasteiger partial charge < -0.3 is 39.5 Å². The average molecular weight is 997 g/mol. The fourth-order valence-electron chi connectivity index (χ4n) is 7.11. The van der Waals surface area contributed by atoms with E-state index in [9.17, 15) is 38.9 Å². The maximum atomic E-state index is 12.8. The van der Waals surface area contributed by atoms with Crippen molar-refractivity contribution in [3.8, 4) is 0 Å². The van der Waals surface area contributed by atoms with Crippen LogP contribution in [-0.2, 0) is 41.8 Å². The molecule has 0 spiro atoms. The first-order valence-electron chi connectivity index (χ1n) is 25.7. The predicted octanol–water partition coefficient (Wildman–Crippen LogP) is 11.8. The van der Waals surface area contributed by atoms with Crippen LogP contribution in [-0.4, -0.2) is 92.8 Å². The van der Waals surface area contributed by atoms with Crippen molar-refractivity contribution in [3.05, 3.63) is 36.5 Å². The lowest BCUT2D eigenvalue weighted by molar-refractivity contribution is -0.161. The summed E-state index contributed by atoms with van der Waals surface area (Å²) in [6, 6.07) is 0. The van der Waals surface area contributed by atoms with E-state index in [-0.39, 0.29) is 32.1 Å². The highest BCUT2D eigenvalue weighted by Gasteiger charge is 2.28. The van der Waals surface area contributed by atoms with Crippen LogP contribution in [0.15, 0.2) is 36.5 Å². The Bertz CT molecular complexity index is 1370. The van der Waals surface area contributed by atoms with E-state index in [1.807, 2.05) is 12.2 Å². The van der Waals surface area contributed by atoms with Gasteiger partial charge in [-0.25, -0.2) is 9.13 Å². The number of rotatable bonds is 48. The average Bonchev–Trinajstić information content (AvgIpc) is 3.27. The number of carbonyl (C=O) groups excluding carboxylic acids is 2. The number of unbranched alkanes of at least 4 members (excludes halogenated alkanes) is 20. The van der Waals surface area contributed by atoms with E-state index in [2.05, 4.69) is 48.0 Å². The fraction of sp³-hybridized carbons (Fsp3) is 0.840. The van der Waals surface area contributed by atoms with Gasteiger partial charge >= 0.3 is 27.6 Å². The molecule has 0 saturated heterocycles. The van der Waals surface area contributed by atoms with Gasteiger partial charge in [0.1, 0.15) is 12.7 Å². The smallest absolute Gasteiger partial charge is 0.462 e. The number of hydrogen-bond acceptors (Lipinski definition) is 12. The summed E-state index contributed by atoms with van der Waals surface area (Å²) in [5, 5.41) is 30.6. The second-order valence-corrected chi connectivity index (χ2v) is 20.9. The lowest BCUT2D eigenvalue weighted by Crippen LogP contribution is -2.30. The van der Waals surface area contributed by atoms with Crippen molar-refractivity contribution in [2.45, 2.75) is 238 Å². The number of phosphoric acid groups is 2. The number of hydrogen-bond donors (Lipinski definition) is 6. The quantitative estimate of drug-likeness (QED) is 0.0144. The molecule has 0 aliphatic heterocycles. The Balaban J connectivity index is 4.58. The van der Waals surface area contributed by atoms with Crippen molar-refractivity contribution >= 4 is 27.6 Å². The maximum Gasteiger partial charge on any atom is 0.472 e. The number of phosphoric ester groups is 2. The number of carbonyl (C=O) groups is 2. The minimum Gasteiger partial charge on any atom is -0.462 e. The van der Waals surface area contributed by atoms with Gasteiger partial charge in [0.25, 0.3) is 0 Å². The van der Waals surface area contributed by atoms with Crippen molar-refractivity contribution in [2.75, 3.05) is 26.4 Å². The number of allylic oxidation sites excluding steroid dienone is 5. The van der Waals surface area contributed by atoms with E-state index in [1.165, 1.54) is 116 Å². The summed E-state index contributed by atoms with van der Waals surface area (Å²) in [7, 11) is -9.79. The Labute approximate surface area is 404 Å². The molecule has 6 N–H and O–H groups in total. The molecule has 15 nitrogen and oxygen atoms in total. The Kier molecular flexibility index (Phi) is 43.1. The summed E-state index contributed by atoms with van der Waals surface area (Å²) < 4.78 is 47.8. The van der Waals surface area contributed by atoms with Gasteiger partial charge in [-0.2, -0.15) is 0 Å². The van der Waals surface area contributed by atoms with Crippen LogP contribution < -0.4 is 0 Å². The highest BCUT2D eigenvalue weighted by molar-refractivity contribution is 7.47. The summed E-state index contributed by atoms with van der Waals surface area (Å²) in [5.74, 6) is -0.483. The zero-order valence-corrected chi connectivity index (χ0v) is 43.4. The molecule has 17 heteroatoms. The molecule has 67 heavy (non-hydrogen) atoms. The topological polar surface area (TPSA) is 236 Å². The van der Waals surface area contributed by atoms with Crippen LogP contribution in [0.3, 0.4) is 0 Å². The van der Waals surface area contributed by atoms with Crippen molar-refractivity contribution in [3.63, 3.8) is 0 Å². The highest BCUT2D eigenvalue weighted by Crippen LogP contribution is 2.44. The molecule has 0 radical (unpaired) electrons. The van der Waals surface area contributed by atoms with Gasteiger partial charge in [0.05, 0.1) is 32.0 Å². The highest BCUT2D eigenvalue weighted by atomic mass is 31.2. The molecule has 0 bridgehead atoms. The van der Waals surface area contributed by atoms with Crippen LogP contribution in [0.1, 0.15) is 213 Å². The molecule has 0 fully saturated rings. The summed E-state index contributed by atoms with van der Waals surface area (Å²) in [6.07, 6.45) is 37.3. The SMILES string of the molecule is CCCCC/C=C\C/C=C\C/C=C\CC(O)C(O)CCCC(=O)O[C@H](COC(=O)CCCCCCCCCCCCCCCCCCCCC(C)C)COP(=O)(O)OC[C@@H](O)COP(=O)(O)O. The van der Waals surface area contributed by atoms with Crippen LogP contribution in [0.5, 0.6) is 0 Å². The first-order chi connectivity index (χ1) is 32.0. The zero-order chi connectivity index (χ0) is 49.9. The van der Waals surface area contributed by atoms with E-state index in [1.54, 1.807) is 6.08 Å². The molecule has 394 valence electrons. The van der Waals surface area contributed by atoms with Gasteiger partial charge in [-0.15, -0.1) is 0 Å². The van der Waals surface area contributed by atoms with Crippen molar-refractivity contribution in [2.24, 2.45) is 5.92 Å². The minimum atomic E-state index is -4.90. The summed E-state index contributed by atoms with van der Waals surface area (Å²) >= 11 is 0. The zero-order valence-electron chi connectivity index (χ0n) is 41.6. The third kappa shape index (κ3) is 47.7. The van der Waals surface area contributed by atoms with Crippen molar-refractivity contribution in [1.82, 2.24) is 0 Å². The van der Waals surface area contributed by atoms with Gasteiger partial charge in [0.15, 0.2) is 6.10 Å². The van der Waals surface area contributed by atoms with E-state index >= 15 is 0 Å². The Hall–Kier alpha value is -1.74. The van der Waals surface area contributed by atoms with Crippen molar-refractivity contribution < 1.29 is 71.8 Å². The second kappa shape index (κ2) is 44.2. The van der Waals surface area contributed by atoms with Crippen LogP contribution in [0, 0.1) is 5.92 Å². The molecular weight excluding hydrogens is 902 g/mol. The van der Waals surface area contributed by atoms with Gasteiger partial charge in [-0.05, 0) is 57.3 Å². The molecule has 3 unspecified atom stereocenters. The third-order valence-electron chi connectivity index (χ3n) is 11.2. The standard InChI is InChI=1S/C50H94O15P2/c1-4-5-6-7-8-9-10-20-23-26-29-32-36-47(52)48(53)37-34-39-50(55)65-46(43-64-67(59,60)63-41-45(51)40-62-66(56,57)58)42-61-49(54)38-33-30-27-24-21-18-16-14-12-11-13-15-17-19-22-25-28-31-35-44(2)3/h8-9,20,23,29,32,44-48,51-53H,4-7,10-19,21-22,24-28,30-31,33-43H2,1-3H3,(H,59,60)(H2,56,57,58)/b9-8-,23-20-,32-29-/t45-,46+,47?,48?/m0/s1. The fourth-order valence-corrected chi connectivity index (χ4v) is 8.26. The molecular formula is C50H94O15P2.